The molecule has 1 N–H and O–H groups in total. The maximum absolute atomic E-state index is 12.4. The fraction of sp³-hybridized carbons (Fsp3) is 0.0833. The highest BCUT2D eigenvalue weighted by molar-refractivity contribution is 7.13. The number of carbonyl (C=O) groups excluding carboxylic acids is 1. The number of hydrogen-bond acceptors (Lipinski definition) is 3. The Bertz CT molecular complexity index is 1040. The van der Waals surface area contributed by atoms with Crippen molar-refractivity contribution in [1.29, 1.82) is 0 Å². The third-order valence-electron chi connectivity index (χ3n) is 4.55. The number of amides is 1. The molecule has 0 spiro atoms. The Labute approximate surface area is 168 Å². The number of rotatable bonds is 6. The molecule has 0 atom stereocenters. The lowest BCUT2D eigenvalue weighted by molar-refractivity contribution is -0.120. The van der Waals surface area contributed by atoms with E-state index in [1.165, 1.54) is 5.56 Å². The van der Waals surface area contributed by atoms with E-state index in [2.05, 4.69) is 34.6 Å². The molecule has 0 aliphatic rings. The van der Waals surface area contributed by atoms with Gasteiger partial charge < -0.3 is 5.32 Å². The van der Waals surface area contributed by atoms with Crippen molar-refractivity contribution in [3.63, 3.8) is 0 Å². The number of pyridine rings is 1. The maximum Gasteiger partial charge on any atom is 0.224 e. The molecule has 0 aliphatic carbocycles. The molecule has 4 aromatic rings. The first kappa shape index (κ1) is 18.1. The fourth-order valence-electron chi connectivity index (χ4n) is 3.10. The molecular weight excluding hydrogens is 364 g/mol. The van der Waals surface area contributed by atoms with Gasteiger partial charge in [0.05, 0.1) is 17.0 Å². The quantitative estimate of drug-likeness (QED) is 0.488. The molecule has 0 saturated heterocycles. The molecule has 138 valence electrons. The number of benzene rings is 2. The smallest absolute Gasteiger partial charge is 0.224 e. The van der Waals surface area contributed by atoms with Crippen LogP contribution in [0.15, 0.2) is 90.4 Å². The van der Waals surface area contributed by atoms with Gasteiger partial charge in [0.15, 0.2) is 0 Å². The summed E-state index contributed by atoms with van der Waals surface area (Å²) in [5.74, 6) is 0.00782. The van der Waals surface area contributed by atoms with Crippen molar-refractivity contribution in [3.05, 3.63) is 102 Å². The standard InChI is InChI=1S/C24H20N2OS/c27-23(16-18-10-12-20(13-11-18)19-6-2-1-3-7-19)26-17-21-8-4-14-25-24(21)22-9-5-15-28-22/h1-15H,16-17H2,(H,26,27). The van der Waals surface area contributed by atoms with Crippen molar-refractivity contribution in [2.24, 2.45) is 0 Å². The third kappa shape index (κ3) is 4.35. The first-order valence-corrected chi connectivity index (χ1v) is 10.1. The molecule has 0 fully saturated rings. The molecule has 0 saturated carbocycles. The second-order valence-corrected chi connectivity index (χ2v) is 7.45. The van der Waals surface area contributed by atoms with Crippen molar-refractivity contribution < 1.29 is 4.79 Å². The summed E-state index contributed by atoms with van der Waals surface area (Å²) in [6.45, 7) is 0.474. The summed E-state index contributed by atoms with van der Waals surface area (Å²) in [6.07, 6.45) is 2.15. The van der Waals surface area contributed by atoms with Crippen molar-refractivity contribution in [1.82, 2.24) is 10.3 Å². The van der Waals surface area contributed by atoms with E-state index in [9.17, 15) is 4.79 Å². The van der Waals surface area contributed by atoms with Crippen molar-refractivity contribution >= 4 is 17.2 Å². The van der Waals surface area contributed by atoms with Gasteiger partial charge in [0, 0.05) is 12.7 Å². The van der Waals surface area contributed by atoms with E-state index in [0.717, 1.165) is 27.3 Å². The molecule has 0 radical (unpaired) electrons. The van der Waals surface area contributed by atoms with E-state index in [1.807, 2.05) is 60.0 Å². The van der Waals surface area contributed by atoms with Gasteiger partial charge in [-0.1, -0.05) is 66.7 Å². The van der Waals surface area contributed by atoms with Gasteiger partial charge in [0.2, 0.25) is 5.91 Å². The number of hydrogen-bond donors (Lipinski definition) is 1. The van der Waals surface area contributed by atoms with Crippen molar-refractivity contribution in [2.75, 3.05) is 0 Å². The van der Waals surface area contributed by atoms with Crippen LogP contribution in [0, 0.1) is 0 Å². The van der Waals surface area contributed by atoms with Crippen LogP contribution in [0.5, 0.6) is 0 Å². The van der Waals surface area contributed by atoms with Gasteiger partial charge in [-0.05, 0) is 39.8 Å². The van der Waals surface area contributed by atoms with Gasteiger partial charge in [-0.25, -0.2) is 0 Å². The van der Waals surface area contributed by atoms with Crippen LogP contribution in [0.2, 0.25) is 0 Å². The lowest BCUT2D eigenvalue weighted by Crippen LogP contribution is -2.24. The largest absolute Gasteiger partial charge is 0.352 e. The number of carbonyl (C=O) groups is 1. The zero-order valence-corrected chi connectivity index (χ0v) is 16.2. The normalized spacial score (nSPS) is 10.6. The lowest BCUT2D eigenvalue weighted by atomic mass is 10.0. The molecule has 3 nitrogen and oxygen atoms in total. The van der Waals surface area contributed by atoms with Gasteiger partial charge >= 0.3 is 0 Å². The van der Waals surface area contributed by atoms with Crippen LogP contribution in [0.25, 0.3) is 21.7 Å². The summed E-state index contributed by atoms with van der Waals surface area (Å²) in [5, 5.41) is 5.05. The minimum Gasteiger partial charge on any atom is -0.352 e. The van der Waals surface area contributed by atoms with Crippen LogP contribution in [-0.2, 0) is 17.8 Å². The highest BCUT2D eigenvalue weighted by Crippen LogP contribution is 2.25. The number of thiophene rings is 1. The molecule has 28 heavy (non-hydrogen) atoms. The summed E-state index contributed by atoms with van der Waals surface area (Å²) in [4.78, 5) is 18.0. The molecule has 2 aromatic carbocycles. The van der Waals surface area contributed by atoms with E-state index in [1.54, 1.807) is 17.5 Å². The second-order valence-electron chi connectivity index (χ2n) is 6.50. The van der Waals surface area contributed by atoms with Gasteiger partial charge in [0.25, 0.3) is 0 Å². The zero-order chi connectivity index (χ0) is 19.2. The monoisotopic (exact) mass is 384 g/mol. The summed E-state index contributed by atoms with van der Waals surface area (Å²) in [7, 11) is 0. The summed E-state index contributed by atoms with van der Waals surface area (Å²) in [5.41, 5.74) is 5.29. The van der Waals surface area contributed by atoms with Crippen molar-refractivity contribution in [2.45, 2.75) is 13.0 Å². The first-order valence-electron chi connectivity index (χ1n) is 9.18. The Kier molecular flexibility index (Phi) is 5.59. The maximum atomic E-state index is 12.4. The van der Waals surface area contributed by atoms with Crippen LogP contribution >= 0.6 is 11.3 Å². The van der Waals surface area contributed by atoms with Gasteiger partial charge in [-0.2, -0.15) is 0 Å². The third-order valence-corrected chi connectivity index (χ3v) is 5.42. The first-order chi connectivity index (χ1) is 13.8. The van der Waals surface area contributed by atoms with Crippen LogP contribution in [0.4, 0.5) is 0 Å². The van der Waals surface area contributed by atoms with Gasteiger partial charge in [-0.3, -0.25) is 9.78 Å². The SMILES string of the molecule is O=C(Cc1ccc(-c2ccccc2)cc1)NCc1cccnc1-c1cccs1. The van der Waals surface area contributed by atoms with Crippen LogP contribution in [0.3, 0.4) is 0 Å². The second kappa shape index (κ2) is 8.63. The number of nitrogens with zero attached hydrogens (tertiary/aromatic N) is 1. The molecule has 0 aliphatic heterocycles. The predicted molar refractivity (Wildman–Crippen MR) is 115 cm³/mol. The number of aromatic nitrogens is 1. The Morgan fingerprint density at radius 1 is 0.857 bits per heavy atom. The van der Waals surface area contributed by atoms with Crippen LogP contribution in [-0.4, -0.2) is 10.9 Å². The van der Waals surface area contributed by atoms with Crippen LogP contribution in [0.1, 0.15) is 11.1 Å². The van der Waals surface area contributed by atoms with Crippen molar-refractivity contribution in [3.8, 4) is 21.7 Å². The molecular formula is C24H20N2OS. The zero-order valence-electron chi connectivity index (χ0n) is 15.3. The molecule has 2 aromatic heterocycles. The summed E-state index contributed by atoms with van der Waals surface area (Å²) in [6, 6.07) is 26.4. The highest BCUT2D eigenvalue weighted by atomic mass is 32.1. The Hall–Kier alpha value is -3.24. The molecule has 0 bridgehead atoms. The molecule has 0 unspecified atom stereocenters. The highest BCUT2D eigenvalue weighted by Gasteiger charge is 2.09. The average Bonchev–Trinajstić information content (AvgIpc) is 3.28. The fourth-order valence-corrected chi connectivity index (χ4v) is 3.86. The summed E-state index contributed by atoms with van der Waals surface area (Å²) < 4.78 is 0. The van der Waals surface area contributed by atoms with E-state index in [4.69, 9.17) is 0 Å². The van der Waals surface area contributed by atoms with Crippen LogP contribution < -0.4 is 5.32 Å². The minimum atomic E-state index is 0.00782. The van der Waals surface area contributed by atoms with Gasteiger partial charge in [-0.15, -0.1) is 11.3 Å². The average molecular weight is 385 g/mol. The molecule has 4 heteroatoms. The molecule has 2 heterocycles. The minimum absolute atomic E-state index is 0.00782. The Morgan fingerprint density at radius 3 is 2.39 bits per heavy atom. The summed E-state index contributed by atoms with van der Waals surface area (Å²) >= 11 is 1.65. The van der Waals surface area contributed by atoms with E-state index >= 15 is 0 Å². The van der Waals surface area contributed by atoms with E-state index < -0.39 is 0 Å². The number of nitrogens with one attached hydrogen (secondary N) is 1. The molecule has 1 amide bonds. The van der Waals surface area contributed by atoms with E-state index in [-0.39, 0.29) is 5.91 Å². The van der Waals surface area contributed by atoms with Gasteiger partial charge in [0.1, 0.15) is 0 Å². The Balaban J connectivity index is 1.38. The predicted octanol–water partition coefficient (Wildman–Crippen LogP) is 5.34. The molecule has 4 rings (SSSR count). The Morgan fingerprint density at radius 2 is 1.64 bits per heavy atom. The topological polar surface area (TPSA) is 42.0 Å². The lowest BCUT2D eigenvalue weighted by Gasteiger charge is -2.09. The van der Waals surface area contributed by atoms with E-state index in [0.29, 0.717) is 13.0 Å².